The highest BCUT2D eigenvalue weighted by Gasteiger charge is 2.31. The first kappa shape index (κ1) is 17.7. The summed E-state index contributed by atoms with van der Waals surface area (Å²) in [4.78, 5) is 33.4. The van der Waals surface area contributed by atoms with E-state index in [0.717, 1.165) is 22.5 Å². The first-order valence-corrected chi connectivity index (χ1v) is 8.92. The van der Waals surface area contributed by atoms with Gasteiger partial charge in [0.1, 0.15) is 5.65 Å². The van der Waals surface area contributed by atoms with E-state index < -0.39 is 6.04 Å². The predicted molar refractivity (Wildman–Crippen MR) is 103 cm³/mol. The van der Waals surface area contributed by atoms with Crippen molar-refractivity contribution >= 4 is 17.6 Å². The topological polar surface area (TPSA) is 100 Å². The van der Waals surface area contributed by atoms with Crippen molar-refractivity contribution in [1.29, 1.82) is 0 Å². The monoisotopic (exact) mass is 376 g/mol. The molecule has 142 valence electrons. The maximum absolute atomic E-state index is 13.0. The SMILES string of the molecule is CC1=C(C(=O)NCc2cnc3c(C)cccn23)[C@H](c2cccnc2)NC(=O)N1. The smallest absolute Gasteiger partial charge is 0.319 e. The second-order valence-electron chi connectivity index (χ2n) is 6.67. The molecule has 4 rings (SSSR count). The van der Waals surface area contributed by atoms with Crippen LogP contribution in [0.25, 0.3) is 5.65 Å². The zero-order valence-electron chi connectivity index (χ0n) is 15.6. The Morgan fingerprint density at radius 3 is 2.89 bits per heavy atom. The molecular formula is C20H20N6O2. The van der Waals surface area contributed by atoms with E-state index in [9.17, 15) is 9.59 Å². The lowest BCUT2D eigenvalue weighted by molar-refractivity contribution is -0.118. The fraction of sp³-hybridized carbons (Fsp3) is 0.200. The molecule has 0 fully saturated rings. The Hall–Kier alpha value is -3.68. The maximum Gasteiger partial charge on any atom is 0.319 e. The summed E-state index contributed by atoms with van der Waals surface area (Å²) < 4.78 is 1.95. The van der Waals surface area contributed by atoms with Crippen molar-refractivity contribution in [2.75, 3.05) is 0 Å². The van der Waals surface area contributed by atoms with E-state index in [1.165, 1.54) is 0 Å². The molecule has 0 aromatic carbocycles. The van der Waals surface area contributed by atoms with Crippen LogP contribution in [0, 0.1) is 6.92 Å². The van der Waals surface area contributed by atoms with E-state index in [1.54, 1.807) is 31.6 Å². The van der Waals surface area contributed by atoms with Crippen molar-refractivity contribution in [2.24, 2.45) is 0 Å². The molecule has 3 aromatic rings. The minimum Gasteiger partial charge on any atom is -0.347 e. The number of nitrogens with one attached hydrogen (secondary N) is 3. The van der Waals surface area contributed by atoms with E-state index in [-0.39, 0.29) is 11.9 Å². The average Bonchev–Trinajstić information content (AvgIpc) is 3.11. The van der Waals surface area contributed by atoms with Gasteiger partial charge in [0.15, 0.2) is 0 Å². The number of aromatic nitrogens is 3. The van der Waals surface area contributed by atoms with Crippen LogP contribution in [0.2, 0.25) is 0 Å². The van der Waals surface area contributed by atoms with E-state index in [2.05, 4.69) is 25.9 Å². The zero-order chi connectivity index (χ0) is 19.7. The van der Waals surface area contributed by atoms with Gasteiger partial charge in [0.25, 0.3) is 5.91 Å². The Bertz CT molecular complexity index is 1090. The number of pyridine rings is 2. The van der Waals surface area contributed by atoms with Gasteiger partial charge in [0, 0.05) is 24.3 Å². The number of nitrogens with zero attached hydrogens (tertiary/aromatic N) is 3. The molecule has 4 heterocycles. The van der Waals surface area contributed by atoms with E-state index >= 15 is 0 Å². The summed E-state index contributed by atoms with van der Waals surface area (Å²) in [6, 6.07) is 6.63. The van der Waals surface area contributed by atoms with Gasteiger partial charge in [-0.25, -0.2) is 9.78 Å². The number of hydrogen-bond acceptors (Lipinski definition) is 4. The third-order valence-electron chi connectivity index (χ3n) is 4.77. The van der Waals surface area contributed by atoms with Crippen LogP contribution in [-0.2, 0) is 11.3 Å². The van der Waals surface area contributed by atoms with Crippen molar-refractivity contribution in [3.8, 4) is 0 Å². The Labute approximate surface area is 161 Å². The van der Waals surface area contributed by atoms with Crippen LogP contribution >= 0.6 is 0 Å². The molecule has 1 aliphatic rings. The average molecular weight is 376 g/mol. The van der Waals surface area contributed by atoms with Gasteiger partial charge in [0.05, 0.1) is 30.1 Å². The van der Waals surface area contributed by atoms with Gasteiger partial charge >= 0.3 is 6.03 Å². The molecular weight excluding hydrogens is 356 g/mol. The first-order valence-electron chi connectivity index (χ1n) is 8.92. The molecule has 1 aliphatic heterocycles. The summed E-state index contributed by atoms with van der Waals surface area (Å²) in [6.07, 6.45) is 6.96. The Kier molecular flexibility index (Phi) is 4.52. The Morgan fingerprint density at radius 1 is 1.25 bits per heavy atom. The second kappa shape index (κ2) is 7.15. The van der Waals surface area contributed by atoms with E-state index in [4.69, 9.17) is 0 Å². The normalized spacial score (nSPS) is 16.6. The molecule has 0 unspecified atom stereocenters. The first-order chi connectivity index (χ1) is 13.5. The van der Waals surface area contributed by atoms with Gasteiger partial charge < -0.3 is 20.4 Å². The number of urea groups is 1. The number of hydrogen-bond donors (Lipinski definition) is 3. The van der Waals surface area contributed by atoms with Crippen LogP contribution in [0.1, 0.15) is 29.8 Å². The number of carbonyl (C=O) groups is 2. The summed E-state index contributed by atoms with van der Waals surface area (Å²) in [6.45, 7) is 4.02. The van der Waals surface area contributed by atoms with Gasteiger partial charge in [-0.2, -0.15) is 0 Å². The highest BCUT2D eigenvalue weighted by atomic mass is 16.2. The standard InChI is InChI=1S/C20H20N6O2/c1-12-5-4-8-26-15(10-22-18(12)26)11-23-19(27)16-13(2)24-20(28)25-17(16)14-6-3-7-21-9-14/h3-10,17H,11H2,1-2H3,(H,23,27)(H2,24,25,28)/t17-/m0/s1. The van der Waals surface area contributed by atoms with Crippen molar-refractivity contribution < 1.29 is 9.59 Å². The highest BCUT2D eigenvalue weighted by molar-refractivity contribution is 5.98. The summed E-state index contributed by atoms with van der Waals surface area (Å²) in [5.41, 5.74) is 4.52. The largest absolute Gasteiger partial charge is 0.347 e. The lowest BCUT2D eigenvalue weighted by Crippen LogP contribution is -2.47. The number of aryl methyl sites for hydroxylation is 1. The second-order valence-corrected chi connectivity index (χ2v) is 6.67. The Morgan fingerprint density at radius 2 is 2.11 bits per heavy atom. The van der Waals surface area contributed by atoms with Gasteiger partial charge in [-0.15, -0.1) is 0 Å². The number of carbonyl (C=O) groups excluding carboxylic acids is 2. The van der Waals surface area contributed by atoms with Gasteiger partial charge in [0.2, 0.25) is 0 Å². The number of imidazole rings is 1. The van der Waals surface area contributed by atoms with E-state index in [0.29, 0.717) is 17.8 Å². The van der Waals surface area contributed by atoms with Gasteiger partial charge in [-0.3, -0.25) is 9.78 Å². The summed E-state index contributed by atoms with van der Waals surface area (Å²) in [5, 5.41) is 8.41. The minimum absolute atomic E-state index is 0.263. The molecule has 3 amide bonds. The maximum atomic E-state index is 13.0. The number of amides is 3. The van der Waals surface area contributed by atoms with Crippen molar-refractivity contribution in [3.63, 3.8) is 0 Å². The van der Waals surface area contributed by atoms with Crippen molar-refractivity contribution in [2.45, 2.75) is 26.4 Å². The van der Waals surface area contributed by atoms with Crippen LogP contribution in [0.3, 0.4) is 0 Å². The van der Waals surface area contributed by atoms with Crippen molar-refractivity contribution in [3.05, 3.63) is 77.1 Å². The Balaban J connectivity index is 1.59. The van der Waals surface area contributed by atoms with Gasteiger partial charge in [-0.1, -0.05) is 12.1 Å². The van der Waals surface area contributed by atoms with Crippen molar-refractivity contribution in [1.82, 2.24) is 30.3 Å². The summed E-state index contributed by atoms with van der Waals surface area (Å²) in [5.74, 6) is -0.263. The highest BCUT2D eigenvalue weighted by Crippen LogP contribution is 2.26. The molecule has 0 saturated heterocycles. The molecule has 8 nitrogen and oxygen atoms in total. The van der Waals surface area contributed by atoms with Crippen LogP contribution in [0.5, 0.6) is 0 Å². The summed E-state index contributed by atoms with van der Waals surface area (Å²) >= 11 is 0. The molecule has 3 aromatic heterocycles. The number of rotatable bonds is 4. The predicted octanol–water partition coefficient (Wildman–Crippen LogP) is 1.98. The lowest BCUT2D eigenvalue weighted by Gasteiger charge is -2.28. The summed E-state index contributed by atoms with van der Waals surface area (Å²) in [7, 11) is 0. The third kappa shape index (κ3) is 3.20. The molecule has 0 spiro atoms. The molecule has 28 heavy (non-hydrogen) atoms. The van der Waals surface area contributed by atoms with Crippen LogP contribution < -0.4 is 16.0 Å². The fourth-order valence-electron chi connectivity index (χ4n) is 3.39. The minimum atomic E-state index is -0.563. The molecule has 8 heteroatoms. The lowest BCUT2D eigenvalue weighted by atomic mass is 9.96. The van der Waals surface area contributed by atoms with Crippen LogP contribution in [-0.4, -0.2) is 26.3 Å². The van der Waals surface area contributed by atoms with Crippen LogP contribution in [0.4, 0.5) is 4.79 Å². The molecule has 1 atom stereocenters. The molecule has 0 aliphatic carbocycles. The molecule has 3 N–H and O–H groups in total. The molecule has 0 radical (unpaired) electrons. The molecule has 0 bridgehead atoms. The van der Waals surface area contributed by atoms with E-state index in [1.807, 2.05) is 35.7 Å². The van der Waals surface area contributed by atoms with Gasteiger partial charge in [-0.05, 0) is 37.1 Å². The molecule has 0 saturated carbocycles. The zero-order valence-corrected chi connectivity index (χ0v) is 15.6. The quantitative estimate of drug-likeness (QED) is 0.648. The third-order valence-corrected chi connectivity index (χ3v) is 4.77. The number of allylic oxidation sites excluding steroid dienone is 1. The number of fused-ring (bicyclic) bond motifs is 1. The van der Waals surface area contributed by atoms with Crippen LogP contribution in [0.15, 0.2) is 60.3 Å². The fourth-order valence-corrected chi connectivity index (χ4v) is 3.39.